The second-order valence-electron chi connectivity index (χ2n) is 9.83. The summed E-state index contributed by atoms with van der Waals surface area (Å²) in [6, 6.07) is 15.5. The van der Waals surface area contributed by atoms with E-state index in [9.17, 15) is 0 Å². The monoisotopic (exact) mass is 542 g/mol. The molecule has 204 valence electrons. The van der Waals surface area contributed by atoms with E-state index in [1.807, 2.05) is 0 Å². The first-order valence-electron chi connectivity index (χ1n) is 14.4. The van der Waals surface area contributed by atoms with Crippen molar-refractivity contribution < 1.29 is 16.5 Å². The van der Waals surface area contributed by atoms with Crippen LogP contribution in [0.5, 0.6) is 0 Å². The molecule has 0 radical (unpaired) electrons. The van der Waals surface area contributed by atoms with Crippen LogP contribution < -0.4 is 0 Å². The second kappa shape index (κ2) is 19.9. The van der Waals surface area contributed by atoms with Crippen molar-refractivity contribution in [2.45, 2.75) is 118 Å². The molecule has 0 aliphatic rings. The fraction of sp³-hybridized carbons (Fsp3) is 0.529. The molecule has 2 aromatic carbocycles. The number of terminal acetylenes is 1. The van der Waals surface area contributed by atoms with Gasteiger partial charge in [0.25, 0.3) is 0 Å². The van der Waals surface area contributed by atoms with Crippen LogP contribution in [-0.2, 0) is 35.8 Å². The normalized spacial score (nSPS) is 11.8. The van der Waals surface area contributed by atoms with Crippen LogP contribution in [-0.4, -0.2) is 11.4 Å². The number of aliphatic imine (C=N–C) groups is 2. The first-order valence-corrected chi connectivity index (χ1v) is 14.4. The Morgan fingerprint density at radius 2 is 1.35 bits per heavy atom. The number of benzene rings is 2. The molecule has 2 aromatic rings. The van der Waals surface area contributed by atoms with Gasteiger partial charge in [-0.1, -0.05) is 84.1 Å². The van der Waals surface area contributed by atoms with Crippen molar-refractivity contribution in [3.05, 3.63) is 59.2 Å². The third kappa shape index (κ3) is 12.3. The van der Waals surface area contributed by atoms with Crippen molar-refractivity contribution in [3.63, 3.8) is 0 Å². The average Bonchev–Trinajstić information content (AvgIpc) is 2.89. The smallest absolute Gasteiger partial charge is 0.0666 e. The van der Waals surface area contributed by atoms with Gasteiger partial charge in [0.1, 0.15) is 0 Å². The van der Waals surface area contributed by atoms with E-state index in [2.05, 4.69) is 76.1 Å². The Labute approximate surface area is 237 Å². The summed E-state index contributed by atoms with van der Waals surface area (Å²) in [5.41, 5.74) is 8.44. The number of aryl methyl sites for hydroxylation is 3. The van der Waals surface area contributed by atoms with Crippen molar-refractivity contribution in [1.29, 1.82) is 0 Å². The Kier molecular flexibility index (Phi) is 17.7. The van der Waals surface area contributed by atoms with Gasteiger partial charge in [-0.05, 0) is 86.3 Å². The van der Waals surface area contributed by atoms with E-state index in [1.54, 1.807) is 0 Å². The molecule has 0 aromatic heterocycles. The molecular formula is C34H48N2Ni. The molecule has 0 unspecified atom stereocenters. The van der Waals surface area contributed by atoms with Gasteiger partial charge in [-0.2, -0.15) is 0 Å². The van der Waals surface area contributed by atoms with E-state index in [1.165, 1.54) is 55.2 Å². The number of hydrogen-bond donors (Lipinski definition) is 0. The van der Waals surface area contributed by atoms with Crippen molar-refractivity contribution in [1.82, 2.24) is 0 Å². The third-order valence-corrected chi connectivity index (χ3v) is 6.66. The maximum Gasteiger partial charge on any atom is 0.0666 e. The van der Waals surface area contributed by atoms with E-state index in [0.29, 0.717) is 0 Å². The average molecular weight is 543 g/mol. The molecule has 0 spiro atoms. The Morgan fingerprint density at radius 1 is 0.730 bits per heavy atom. The minimum atomic E-state index is 0. The zero-order chi connectivity index (χ0) is 26.0. The zero-order valence-corrected chi connectivity index (χ0v) is 24.7. The molecule has 2 rings (SSSR count). The van der Waals surface area contributed by atoms with Gasteiger partial charge in [-0.25, -0.2) is 0 Å². The van der Waals surface area contributed by atoms with Gasteiger partial charge < -0.3 is 0 Å². The summed E-state index contributed by atoms with van der Waals surface area (Å²) in [5, 5.41) is 0. The molecule has 0 atom stereocenters. The molecule has 0 saturated heterocycles. The number of para-hydroxylation sites is 1. The topological polar surface area (TPSA) is 24.7 Å². The van der Waals surface area contributed by atoms with Crippen molar-refractivity contribution in [2.75, 3.05) is 0 Å². The molecule has 0 heterocycles. The fourth-order valence-electron chi connectivity index (χ4n) is 4.55. The van der Waals surface area contributed by atoms with Gasteiger partial charge in [0, 0.05) is 22.9 Å². The minimum absolute atomic E-state index is 0. The maximum atomic E-state index is 5.55. The molecule has 0 bridgehead atoms. The summed E-state index contributed by atoms with van der Waals surface area (Å²) in [5.74, 6) is 2.77. The van der Waals surface area contributed by atoms with Gasteiger partial charge in [0.05, 0.1) is 22.8 Å². The fourth-order valence-corrected chi connectivity index (χ4v) is 4.55. The summed E-state index contributed by atoms with van der Waals surface area (Å²) in [6.45, 7) is 8.99. The van der Waals surface area contributed by atoms with Gasteiger partial charge >= 0.3 is 0 Å². The van der Waals surface area contributed by atoms with E-state index < -0.39 is 0 Å². The largest absolute Gasteiger partial charge is 0.252 e. The van der Waals surface area contributed by atoms with Crippen LogP contribution in [0.1, 0.15) is 115 Å². The van der Waals surface area contributed by atoms with E-state index in [0.717, 1.165) is 74.2 Å². The molecule has 0 aliphatic carbocycles. The Bertz CT molecular complexity index is 984. The minimum Gasteiger partial charge on any atom is -0.252 e. The SMILES string of the molecule is C#CCCc1ccccc1N=C(CCCC)C(CC)=Nc1cc(CCCCC)cc(CCCCC)c1.[Ni]. The van der Waals surface area contributed by atoms with Gasteiger partial charge in [0.2, 0.25) is 0 Å². The van der Waals surface area contributed by atoms with E-state index >= 15 is 0 Å². The van der Waals surface area contributed by atoms with Crippen molar-refractivity contribution in [3.8, 4) is 12.3 Å². The van der Waals surface area contributed by atoms with E-state index in [4.69, 9.17) is 16.4 Å². The van der Waals surface area contributed by atoms with Crippen molar-refractivity contribution in [2.24, 2.45) is 9.98 Å². The second-order valence-corrected chi connectivity index (χ2v) is 9.83. The van der Waals surface area contributed by atoms with Crippen LogP contribution in [0.15, 0.2) is 52.4 Å². The summed E-state index contributed by atoms with van der Waals surface area (Å²) < 4.78 is 0. The predicted octanol–water partition coefficient (Wildman–Crippen LogP) is 10.2. The quantitative estimate of drug-likeness (QED) is 0.0821. The predicted molar refractivity (Wildman–Crippen MR) is 161 cm³/mol. The molecule has 37 heavy (non-hydrogen) atoms. The van der Waals surface area contributed by atoms with Gasteiger partial charge in [-0.3, -0.25) is 9.98 Å². The van der Waals surface area contributed by atoms with Crippen LogP contribution in [0.25, 0.3) is 0 Å². The Morgan fingerprint density at radius 3 is 1.92 bits per heavy atom. The Balaban J connectivity index is 0.00000684. The molecular weight excluding hydrogens is 495 g/mol. The van der Waals surface area contributed by atoms with Gasteiger partial charge in [-0.15, -0.1) is 12.3 Å². The number of nitrogens with zero attached hydrogens (tertiary/aromatic N) is 2. The first-order chi connectivity index (χ1) is 17.6. The molecule has 3 heteroatoms. The molecule has 2 nitrogen and oxygen atoms in total. The van der Waals surface area contributed by atoms with E-state index in [-0.39, 0.29) is 16.5 Å². The molecule has 0 fully saturated rings. The molecule has 0 saturated carbocycles. The van der Waals surface area contributed by atoms with Crippen LogP contribution in [0, 0.1) is 12.3 Å². The zero-order valence-electron chi connectivity index (χ0n) is 23.7. The number of hydrogen-bond acceptors (Lipinski definition) is 2. The summed E-state index contributed by atoms with van der Waals surface area (Å²) in [6.07, 6.45) is 21.1. The molecule has 0 aliphatic heterocycles. The summed E-state index contributed by atoms with van der Waals surface area (Å²) in [7, 11) is 0. The summed E-state index contributed by atoms with van der Waals surface area (Å²) >= 11 is 0. The first kappa shape index (κ1) is 32.9. The maximum absolute atomic E-state index is 5.55. The van der Waals surface area contributed by atoms with Crippen LogP contribution >= 0.6 is 0 Å². The number of rotatable bonds is 17. The van der Waals surface area contributed by atoms with Crippen LogP contribution in [0.3, 0.4) is 0 Å². The third-order valence-electron chi connectivity index (χ3n) is 6.66. The summed E-state index contributed by atoms with van der Waals surface area (Å²) in [4.78, 5) is 10.4. The van der Waals surface area contributed by atoms with Crippen LogP contribution in [0.4, 0.5) is 11.4 Å². The molecule has 0 N–H and O–H groups in total. The van der Waals surface area contributed by atoms with Gasteiger partial charge in [0.15, 0.2) is 0 Å². The Hall–Kier alpha value is -2.17. The van der Waals surface area contributed by atoms with Crippen molar-refractivity contribution >= 4 is 22.8 Å². The number of unbranched alkanes of at least 4 members (excludes halogenated alkanes) is 5. The molecule has 0 amide bonds. The van der Waals surface area contributed by atoms with Crippen LogP contribution in [0.2, 0.25) is 0 Å². The standard InChI is InChI=1S/C34H48N2.Ni/c1-6-11-15-19-28-25-29(20-16-12-7-2)27-31(26-28)35-32(10-5)34(23-14-9-4)36-33-24-18-17-22-30(33)21-13-8-3;/h3,17-18,22,24-27H,6-7,9-16,19-21,23H2,1-2,4-5H3;.